The van der Waals surface area contributed by atoms with Gasteiger partial charge in [-0.25, -0.2) is 0 Å². The van der Waals surface area contributed by atoms with E-state index in [2.05, 4.69) is 25.3 Å². The van der Waals surface area contributed by atoms with E-state index in [9.17, 15) is 0 Å². The van der Waals surface area contributed by atoms with E-state index in [0.29, 0.717) is 5.41 Å². The zero-order chi connectivity index (χ0) is 9.74. The van der Waals surface area contributed by atoms with Gasteiger partial charge in [-0.3, -0.25) is 0 Å². The number of rotatable bonds is 0. The summed E-state index contributed by atoms with van der Waals surface area (Å²) in [5, 5.41) is 0. The monoisotopic (exact) mass is 252 g/mol. The molecule has 13 heavy (non-hydrogen) atoms. The Morgan fingerprint density at radius 2 is 1.23 bits per heavy atom. The Morgan fingerprint density at radius 3 is 1.62 bits per heavy atom. The van der Waals surface area contributed by atoms with Crippen molar-refractivity contribution in [3.63, 3.8) is 0 Å². The summed E-state index contributed by atoms with van der Waals surface area (Å²) in [6, 6.07) is 0. The van der Waals surface area contributed by atoms with Gasteiger partial charge in [-0.2, -0.15) is 50.5 Å². The second kappa shape index (κ2) is 3.19. The van der Waals surface area contributed by atoms with Crippen molar-refractivity contribution in [1.82, 2.24) is 0 Å². The molecule has 2 fully saturated rings. The van der Waals surface area contributed by atoms with E-state index < -0.39 is 0 Å². The maximum Gasteiger partial charge on any atom is 0.0840 e. The third-order valence-electron chi connectivity index (χ3n) is 3.81. The van der Waals surface area contributed by atoms with E-state index in [4.69, 9.17) is 25.3 Å². The minimum absolute atomic E-state index is 0.294. The molecule has 0 aromatic carbocycles. The first-order chi connectivity index (χ1) is 5.91. The summed E-state index contributed by atoms with van der Waals surface area (Å²) in [7, 11) is 0. The maximum absolute atomic E-state index is 4.72. The molecule has 1 spiro atoms. The van der Waals surface area contributed by atoms with E-state index in [1.165, 1.54) is 32.1 Å². The van der Waals surface area contributed by atoms with Crippen molar-refractivity contribution in [3.8, 4) is 0 Å². The Kier molecular flexibility index (Phi) is 2.68. The van der Waals surface area contributed by atoms with E-state index in [1.54, 1.807) is 0 Å². The summed E-state index contributed by atoms with van der Waals surface area (Å²) in [4.78, 5) is 0. The zero-order valence-corrected chi connectivity index (χ0v) is 11.1. The van der Waals surface area contributed by atoms with Crippen LogP contribution in [0.3, 0.4) is 0 Å². The fourth-order valence-corrected chi connectivity index (χ4v) is 4.43. The lowest BCUT2D eigenvalue weighted by molar-refractivity contribution is 0.302. The molecule has 0 amide bonds. The highest BCUT2D eigenvalue weighted by atomic mass is 32.2. The highest BCUT2D eigenvalue weighted by Gasteiger charge is 2.62. The fraction of sp³-hybridized carbons (Fsp3) is 1.00. The molecule has 0 N–H and O–H groups in total. The van der Waals surface area contributed by atoms with Crippen LogP contribution in [0.25, 0.3) is 0 Å². The summed E-state index contributed by atoms with van der Waals surface area (Å²) in [6.45, 7) is 0. The fourth-order valence-electron chi connectivity index (χ4n) is 2.84. The van der Waals surface area contributed by atoms with E-state index >= 15 is 0 Å². The van der Waals surface area contributed by atoms with Crippen molar-refractivity contribution >= 4 is 50.5 Å². The van der Waals surface area contributed by atoms with Crippen LogP contribution in [0.2, 0.25) is 0 Å². The Morgan fingerprint density at radius 1 is 0.692 bits per heavy atom. The Bertz CT molecular complexity index is 216. The van der Waals surface area contributed by atoms with Gasteiger partial charge in [0.25, 0.3) is 0 Å². The molecule has 0 saturated heterocycles. The van der Waals surface area contributed by atoms with Gasteiger partial charge in [-0.05, 0) is 31.1 Å². The third kappa shape index (κ3) is 1.39. The summed E-state index contributed by atoms with van der Waals surface area (Å²) in [5.41, 5.74) is 0.294. The van der Waals surface area contributed by atoms with Gasteiger partial charge < -0.3 is 0 Å². The minimum atomic E-state index is -0.317. The highest BCUT2D eigenvalue weighted by molar-refractivity contribution is 8.08. The summed E-state index contributed by atoms with van der Waals surface area (Å²) < 4.78 is -0.633. The van der Waals surface area contributed by atoms with Gasteiger partial charge in [0, 0.05) is 0 Å². The molecule has 4 heteroatoms. The molecule has 2 aliphatic carbocycles. The van der Waals surface area contributed by atoms with Crippen LogP contribution in [0.5, 0.6) is 0 Å². The van der Waals surface area contributed by atoms with E-state index in [0.717, 1.165) is 6.42 Å². The van der Waals surface area contributed by atoms with Gasteiger partial charge in [0.05, 0.1) is 8.16 Å². The largest absolute Gasteiger partial charge is 0.159 e. The van der Waals surface area contributed by atoms with Gasteiger partial charge in [-0.15, -0.1) is 0 Å². The van der Waals surface area contributed by atoms with Crippen molar-refractivity contribution < 1.29 is 0 Å². The normalized spacial score (nSPS) is 34.2. The Hall–Kier alpha value is 1.40. The molecule has 0 aromatic heterocycles. The smallest absolute Gasteiger partial charge is 0.0840 e. The SMILES string of the molecule is SC1(S)CCC2(CCCC2)C1(S)S. The second-order valence-electron chi connectivity index (χ2n) is 4.48. The van der Waals surface area contributed by atoms with Crippen molar-refractivity contribution in [2.24, 2.45) is 5.41 Å². The zero-order valence-electron chi connectivity index (χ0n) is 7.53. The molecule has 0 nitrogen and oxygen atoms in total. The van der Waals surface area contributed by atoms with Crippen LogP contribution in [-0.2, 0) is 0 Å². The summed E-state index contributed by atoms with van der Waals surface area (Å²) >= 11 is 18.6. The molecule has 0 radical (unpaired) electrons. The first kappa shape index (κ1) is 10.9. The first-order valence-corrected chi connectivity index (χ1v) is 6.60. The number of hydrogen-bond donors (Lipinski definition) is 4. The maximum atomic E-state index is 4.72. The predicted molar refractivity (Wildman–Crippen MR) is 71.5 cm³/mol. The third-order valence-corrected chi connectivity index (χ3v) is 7.35. The van der Waals surface area contributed by atoms with Crippen molar-refractivity contribution in [2.75, 3.05) is 0 Å². The lowest BCUT2D eigenvalue weighted by Crippen LogP contribution is -2.42. The first-order valence-electron chi connectivity index (χ1n) is 4.81. The molecule has 0 bridgehead atoms. The molecule has 0 aromatic rings. The number of thiol groups is 4. The van der Waals surface area contributed by atoms with Gasteiger partial charge >= 0.3 is 0 Å². The van der Waals surface area contributed by atoms with Crippen LogP contribution in [0.15, 0.2) is 0 Å². The lowest BCUT2D eigenvalue weighted by atomic mass is 9.83. The standard InChI is InChI=1S/C9H16S4/c10-8(11)6-5-7(9(8,12)13)3-1-2-4-7/h10-13H,1-6H2. The lowest BCUT2D eigenvalue weighted by Gasteiger charge is -2.42. The van der Waals surface area contributed by atoms with Gasteiger partial charge in [-0.1, -0.05) is 12.8 Å². The van der Waals surface area contributed by atoms with Gasteiger partial charge in [0.1, 0.15) is 0 Å². The van der Waals surface area contributed by atoms with Crippen molar-refractivity contribution in [3.05, 3.63) is 0 Å². The molecule has 76 valence electrons. The quantitative estimate of drug-likeness (QED) is 0.368. The van der Waals surface area contributed by atoms with Crippen molar-refractivity contribution in [2.45, 2.75) is 46.7 Å². The molecule has 0 aliphatic heterocycles. The molecule has 2 rings (SSSR count). The summed E-state index contributed by atoms with van der Waals surface area (Å²) in [6.07, 6.45) is 7.35. The summed E-state index contributed by atoms with van der Waals surface area (Å²) in [5.74, 6) is 0. The van der Waals surface area contributed by atoms with Crippen LogP contribution in [0.4, 0.5) is 0 Å². The van der Waals surface area contributed by atoms with E-state index in [1.807, 2.05) is 0 Å². The van der Waals surface area contributed by atoms with Crippen LogP contribution in [0.1, 0.15) is 38.5 Å². The molecule has 0 heterocycles. The predicted octanol–water partition coefficient (Wildman–Crippen LogP) is 3.45. The molecule has 2 aliphatic rings. The second-order valence-corrected chi connectivity index (χ2v) is 8.05. The molecule has 0 atom stereocenters. The minimum Gasteiger partial charge on any atom is -0.159 e. The average Bonchev–Trinajstić information content (AvgIpc) is 2.55. The molecule has 2 saturated carbocycles. The highest BCUT2D eigenvalue weighted by Crippen LogP contribution is 2.67. The Balaban J connectivity index is 2.33. The van der Waals surface area contributed by atoms with Crippen molar-refractivity contribution in [1.29, 1.82) is 0 Å². The topological polar surface area (TPSA) is 0 Å². The van der Waals surface area contributed by atoms with Crippen LogP contribution in [0, 0.1) is 5.41 Å². The molecular formula is C9H16S4. The van der Waals surface area contributed by atoms with Gasteiger partial charge in [0.15, 0.2) is 0 Å². The molecular weight excluding hydrogens is 236 g/mol. The molecule has 0 unspecified atom stereocenters. The van der Waals surface area contributed by atoms with E-state index in [-0.39, 0.29) is 8.16 Å². The van der Waals surface area contributed by atoms with Gasteiger partial charge in [0.2, 0.25) is 0 Å². The average molecular weight is 252 g/mol. The van der Waals surface area contributed by atoms with Crippen LogP contribution < -0.4 is 0 Å². The van der Waals surface area contributed by atoms with Crippen LogP contribution >= 0.6 is 50.5 Å². The Labute approximate surface area is 102 Å². The number of hydrogen-bond acceptors (Lipinski definition) is 4. The van der Waals surface area contributed by atoms with Crippen LogP contribution in [-0.4, -0.2) is 8.16 Å².